The molecule has 1 heterocycles. The molecule has 0 aliphatic carbocycles. The summed E-state index contributed by atoms with van der Waals surface area (Å²) in [6.45, 7) is 4.45. The number of urea groups is 1. The molecule has 0 saturated heterocycles. The molecule has 0 bridgehead atoms. The molecule has 1 aliphatic heterocycles. The number of hydrogen-bond acceptors (Lipinski definition) is 4. The van der Waals surface area contributed by atoms with Gasteiger partial charge in [-0.25, -0.2) is 9.59 Å². The number of fused-ring (bicyclic) bond motifs is 1. The fourth-order valence-electron chi connectivity index (χ4n) is 3.26. The van der Waals surface area contributed by atoms with E-state index in [9.17, 15) is 14.4 Å². The Morgan fingerprint density at radius 1 is 1.14 bits per heavy atom. The van der Waals surface area contributed by atoms with Gasteiger partial charge in [-0.3, -0.25) is 4.79 Å². The Morgan fingerprint density at radius 2 is 1.86 bits per heavy atom. The monoisotopic (exact) mass is 395 g/mol. The SMILES string of the molecule is COC(=O)C(C)NC(=O)NCc1ccc2c(c1)N(C(=O)c1ccc(C)cc1)CC2. The second kappa shape index (κ2) is 8.77. The summed E-state index contributed by atoms with van der Waals surface area (Å²) in [5.41, 5.74) is 4.61. The van der Waals surface area contributed by atoms with Crippen LogP contribution in [0.15, 0.2) is 42.5 Å². The molecule has 1 unspecified atom stereocenters. The summed E-state index contributed by atoms with van der Waals surface area (Å²) in [5.74, 6) is -0.540. The summed E-state index contributed by atoms with van der Waals surface area (Å²) >= 11 is 0. The molecule has 3 rings (SSSR count). The van der Waals surface area contributed by atoms with E-state index in [1.165, 1.54) is 7.11 Å². The van der Waals surface area contributed by atoms with Crippen LogP contribution >= 0.6 is 0 Å². The zero-order valence-corrected chi connectivity index (χ0v) is 16.8. The van der Waals surface area contributed by atoms with E-state index in [4.69, 9.17) is 0 Å². The van der Waals surface area contributed by atoms with E-state index in [0.29, 0.717) is 12.1 Å². The highest BCUT2D eigenvalue weighted by molar-refractivity contribution is 6.07. The number of carbonyl (C=O) groups is 3. The number of amides is 3. The van der Waals surface area contributed by atoms with Crippen molar-refractivity contribution in [2.24, 2.45) is 0 Å². The normalized spacial score (nSPS) is 13.4. The molecular weight excluding hydrogens is 370 g/mol. The summed E-state index contributed by atoms with van der Waals surface area (Å²) < 4.78 is 4.58. The maximum Gasteiger partial charge on any atom is 0.328 e. The van der Waals surface area contributed by atoms with Gasteiger partial charge in [0.25, 0.3) is 5.91 Å². The van der Waals surface area contributed by atoms with Gasteiger partial charge >= 0.3 is 12.0 Å². The molecule has 3 amide bonds. The van der Waals surface area contributed by atoms with Gasteiger partial charge in [0.2, 0.25) is 0 Å². The van der Waals surface area contributed by atoms with E-state index in [1.54, 1.807) is 11.8 Å². The Kier molecular flexibility index (Phi) is 6.16. The van der Waals surface area contributed by atoms with Crippen LogP contribution in [-0.4, -0.2) is 37.6 Å². The first-order valence-electron chi connectivity index (χ1n) is 9.51. The molecule has 29 heavy (non-hydrogen) atoms. The number of nitrogens with one attached hydrogen (secondary N) is 2. The van der Waals surface area contributed by atoms with Crippen LogP contribution in [0.1, 0.15) is 34.0 Å². The van der Waals surface area contributed by atoms with Crippen molar-refractivity contribution >= 4 is 23.6 Å². The third-order valence-corrected chi connectivity index (χ3v) is 4.94. The third-order valence-electron chi connectivity index (χ3n) is 4.94. The van der Waals surface area contributed by atoms with Crippen molar-refractivity contribution in [3.8, 4) is 0 Å². The van der Waals surface area contributed by atoms with Crippen molar-refractivity contribution in [2.45, 2.75) is 32.9 Å². The van der Waals surface area contributed by atoms with Crippen LogP contribution in [0.5, 0.6) is 0 Å². The quantitative estimate of drug-likeness (QED) is 0.762. The van der Waals surface area contributed by atoms with E-state index in [2.05, 4.69) is 15.4 Å². The van der Waals surface area contributed by atoms with Crippen molar-refractivity contribution in [2.75, 3.05) is 18.6 Å². The zero-order chi connectivity index (χ0) is 21.0. The van der Waals surface area contributed by atoms with Crippen molar-refractivity contribution < 1.29 is 19.1 Å². The van der Waals surface area contributed by atoms with Gasteiger partial charge in [0.15, 0.2) is 0 Å². The minimum Gasteiger partial charge on any atom is -0.467 e. The van der Waals surface area contributed by atoms with Crippen LogP contribution in [0.25, 0.3) is 0 Å². The Bertz CT molecular complexity index is 924. The van der Waals surface area contributed by atoms with Gasteiger partial charge in [-0.05, 0) is 49.6 Å². The molecule has 0 saturated carbocycles. The molecule has 0 fully saturated rings. The molecule has 2 aromatic carbocycles. The lowest BCUT2D eigenvalue weighted by molar-refractivity contribution is -0.142. The van der Waals surface area contributed by atoms with Crippen LogP contribution < -0.4 is 15.5 Å². The molecule has 2 N–H and O–H groups in total. The highest BCUT2D eigenvalue weighted by Crippen LogP contribution is 2.30. The lowest BCUT2D eigenvalue weighted by Gasteiger charge is -2.18. The number of nitrogens with zero attached hydrogens (tertiary/aromatic N) is 1. The zero-order valence-electron chi connectivity index (χ0n) is 16.8. The number of anilines is 1. The summed E-state index contributed by atoms with van der Waals surface area (Å²) in [6, 6.07) is 12.2. The molecule has 0 spiro atoms. The minimum atomic E-state index is -0.734. The Balaban J connectivity index is 1.66. The molecule has 0 aromatic heterocycles. The maximum atomic E-state index is 12.9. The van der Waals surface area contributed by atoms with Crippen LogP contribution in [0, 0.1) is 6.92 Å². The molecule has 1 aliphatic rings. The van der Waals surface area contributed by atoms with Crippen LogP contribution in [-0.2, 0) is 22.5 Å². The van der Waals surface area contributed by atoms with Crippen LogP contribution in [0.4, 0.5) is 10.5 Å². The summed E-state index contributed by atoms with van der Waals surface area (Å²) in [7, 11) is 1.27. The molecule has 2 aromatic rings. The standard InChI is InChI=1S/C22H25N3O4/c1-14-4-7-18(8-5-14)20(26)25-11-10-17-9-6-16(12-19(17)25)13-23-22(28)24-15(2)21(27)29-3/h4-9,12,15H,10-11,13H2,1-3H3,(H2,23,24,28). The second-order valence-electron chi connectivity index (χ2n) is 7.11. The van der Waals surface area contributed by atoms with E-state index in [-0.39, 0.29) is 12.5 Å². The fourth-order valence-corrected chi connectivity index (χ4v) is 3.26. The smallest absolute Gasteiger partial charge is 0.328 e. The summed E-state index contributed by atoms with van der Waals surface area (Å²) in [6.07, 6.45) is 0.803. The number of rotatable bonds is 5. The average molecular weight is 395 g/mol. The lowest BCUT2D eigenvalue weighted by Crippen LogP contribution is -2.44. The molecule has 7 heteroatoms. The largest absolute Gasteiger partial charge is 0.467 e. The van der Waals surface area contributed by atoms with Crippen molar-refractivity contribution in [3.05, 3.63) is 64.7 Å². The molecule has 0 radical (unpaired) electrons. The van der Waals surface area contributed by atoms with E-state index in [1.807, 2.05) is 49.4 Å². The van der Waals surface area contributed by atoms with Gasteiger partial charge in [-0.2, -0.15) is 0 Å². The van der Waals surface area contributed by atoms with E-state index >= 15 is 0 Å². The number of hydrogen-bond donors (Lipinski definition) is 2. The van der Waals surface area contributed by atoms with Crippen molar-refractivity contribution in [1.82, 2.24) is 10.6 Å². The predicted octanol–water partition coefficient (Wildman–Crippen LogP) is 2.56. The Labute approximate surface area is 170 Å². The van der Waals surface area contributed by atoms with E-state index in [0.717, 1.165) is 28.8 Å². The topological polar surface area (TPSA) is 87.7 Å². The van der Waals surface area contributed by atoms with Gasteiger partial charge < -0.3 is 20.3 Å². The van der Waals surface area contributed by atoms with Gasteiger partial charge in [-0.15, -0.1) is 0 Å². The number of methoxy groups -OCH3 is 1. The number of aryl methyl sites for hydroxylation is 1. The first kappa shape index (κ1) is 20.4. The summed E-state index contributed by atoms with van der Waals surface area (Å²) in [4.78, 5) is 38.0. The van der Waals surface area contributed by atoms with E-state index < -0.39 is 18.0 Å². The average Bonchev–Trinajstić information content (AvgIpc) is 3.14. The summed E-state index contributed by atoms with van der Waals surface area (Å²) in [5, 5.41) is 5.24. The highest BCUT2D eigenvalue weighted by Gasteiger charge is 2.26. The molecule has 1 atom stereocenters. The molecule has 7 nitrogen and oxygen atoms in total. The maximum absolute atomic E-state index is 12.9. The second-order valence-corrected chi connectivity index (χ2v) is 7.11. The van der Waals surface area contributed by atoms with Gasteiger partial charge in [0.1, 0.15) is 6.04 Å². The number of ether oxygens (including phenoxy) is 1. The fraction of sp³-hybridized carbons (Fsp3) is 0.318. The minimum absolute atomic E-state index is 0.0292. The van der Waals surface area contributed by atoms with Gasteiger partial charge in [0.05, 0.1) is 7.11 Å². The third kappa shape index (κ3) is 4.74. The van der Waals surface area contributed by atoms with Crippen LogP contribution in [0.3, 0.4) is 0 Å². The van der Waals surface area contributed by atoms with Crippen molar-refractivity contribution in [3.63, 3.8) is 0 Å². The first-order valence-corrected chi connectivity index (χ1v) is 9.51. The lowest BCUT2D eigenvalue weighted by atomic mass is 10.1. The van der Waals surface area contributed by atoms with Crippen LogP contribution in [0.2, 0.25) is 0 Å². The number of carbonyl (C=O) groups excluding carboxylic acids is 3. The Hall–Kier alpha value is -3.35. The number of esters is 1. The number of benzene rings is 2. The highest BCUT2D eigenvalue weighted by atomic mass is 16.5. The van der Waals surface area contributed by atoms with Gasteiger partial charge in [-0.1, -0.05) is 29.8 Å². The molecular formula is C22H25N3O4. The Morgan fingerprint density at radius 3 is 2.55 bits per heavy atom. The first-order chi connectivity index (χ1) is 13.9. The van der Waals surface area contributed by atoms with Crippen molar-refractivity contribution in [1.29, 1.82) is 0 Å². The molecule has 152 valence electrons. The van der Waals surface area contributed by atoms with Gasteiger partial charge in [0, 0.05) is 24.3 Å². The predicted molar refractivity (Wildman–Crippen MR) is 110 cm³/mol.